The number of amides is 1. The first-order valence-corrected chi connectivity index (χ1v) is 8.75. The molecule has 0 saturated carbocycles. The van der Waals surface area contributed by atoms with E-state index in [4.69, 9.17) is 0 Å². The van der Waals surface area contributed by atoms with E-state index in [-0.39, 0.29) is 6.03 Å². The summed E-state index contributed by atoms with van der Waals surface area (Å²) in [6.45, 7) is 0. The van der Waals surface area contributed by atoms with E-state index in [0.29, 0.717) is 0 Å². The van der Waals surface area contributed by atoms with Crippen molar-refractivity contribution < 1.29 is 4.79 Å². The number of rotatable bonds is 3. The lowest BCUT2D eigenvalue weighted by molar-refractivity contribution is 0.249. The van der Waals surface area contributed by atoms with Gasteiger partial charge < -0.3 is 0 Å². The molecule has 132 valence electrons. The first kappa shape index (κ1) is 16.8. The second-order valence-corrected chi connectivity index (χ2v) is 6.29. The number of carbonyl (C=O) groups excluding carboxylic acids is 1. The van der Waals surface area contributed by atoms with Crippen LogP contribution in [0.15, 0.2) is 97.5 Å². The van der Waals surface area contributed by atoms with Crippen molar-refractivity contribution >= 4 is 11.7 Å². The third kappa shape index (κ3) is 3.51. The van der Waals surface area contributed by atoms with E-state index in [2.05, 4.69) is 29.2 Å². The largest absolute Gasteiger partial charge is 0.333 e. The molecule has 3 aromatic carbocycles. The lowest BCUT2D eigenvalue weighted by Gasteiger charge is -2.16. The summed E-state index contributed by atoms with van der Waals surface area (Å²) in [5.41, 5.74) is 4.91. The number of para-hydroxylation sites is 1. The fourth-order valence-corrected chi connectivity index (χ4v) is 2.98. The molecule has 0 spiro atoms. The normalized spacial score (nSPS) is 10.6. The molecule has 0 unspecified atom stereocenters. The average Bonchev–Trinajstić information content (AvgIpc) is 3.24. The Bertz CT molecular complexity index is 1040. The maximum absolute atomic E-state index is 12.7. The van der Waals surface area contributed by atoms with Gasteiger partial charge in [-0.2, -0.15) is 0 Å². The minimum Gasteiger partial charge on any atom is -0.297 e. The summed E-state index contributed by atoms with van der Waals surface area (Å²) in [5, 5.41) is 0. The Morgan fingerprint density at radius 3 is 2.00 bits per heavy atom. The van der Waals surface area contributed by atoms with Gasteiger partial charge in [-0.25, -0.2) is 9.78 Å². The van der Waals surface area contributed by atoms with Crippen LogP contribution < -0.4 is 4.90 Å². The SMILES string of the molecule is CN(C(=O)n1cnc(-c2ccc(-c3ccccc3)cc2)c1)c1ccccc1. The first-order chi connectivity index (χ1) is 13.2. The molecule has 27 heavy (non-hydrogen) atoms. The second kappa shape index (κ2) is 7.30. The van der Waals surface area contributed by atoms with Gasteiger partial charge in [0.05, 0.1) is 5.69 Å². The van der Waals surface area contributed by atoms with Gasteiger partial charge in [-0.1, -0.05) is 72.8 Å². The maximum Gasteiger partial charge on any atom is 0.333 e. The molecule has 0 aliphatic carbocycles. The molecule has 4 rings (SSSR count). The number of carbonyl (C=O) groups is 1. The zero-order valence-electron chi connectivity index (χ0n) is 15.0. The highest BCUT2D eigenvalue weighted by molar-refractivity contribution is 5.93. The van der Waals surface area contributed by atoms with Crippen LogP contribution >= 0.6 is 0 Å². The van der Waals surface area contributed by atoms with E-state index in [1.807, 2.05) is 60.7 Å². The smallest absolute Gasteiger partial charge is 0.297 e. The zero-order valence-corrected chi connectivity index (χ0v) is 15.0. The molecular formula is C23H19N3O. The predicted octanol–water partition coefficient (Wildman–Crippen LogP) is 5.32. The summed E-state index contributed by atoms with van der Waals surface area (Å²) in [7, 11) is 1.76. The van der Waals surface area contributed by atoms with Crippen LogP contribution in [-0.4, -0.2) is 22.6 Å². The molecule has 1 aromatic heterocycles. The minimum atomic E-state index is -0.152. The fraction of sp³-hybridized carbons (Fsp3) is 0.0435. The third-order valence-electron chi connectivity index (χ3n) is 4.52. The van der Waals surface area contributed by atoms with Gasteiger partial charge in [-0.15, -0.1) is 0 Å². The quantitative estimate of drug-likeness (QED) is 0.500. The van der Waals surface area contributed by atoms with Crippen molar-refractivity contribution in [3.63, 3.8) is 0 Å². The Labute approximate surface area is 158 Å². The van der Waals surface area contributed by atoms with Gasteiger partial charge in [-0.3, -0.25) is 9.47 Å². The average molecular weight is 353 g/mol. The molecule has 0 aliphatic heterocycles. The van der Waals surface area contributed by atoms with E-state index in [1.165, 1.54) is 10.1 Å². The van der Waals surface area contributed by atoms with Gasteiger partial charge in [0.1, 0.15) is 6.33 Å². The van der Waals surface area contributed by atoms with Crippen LogP contribution in [0.1, 0.15) is 0 Å². The highest BCUT2D eigenvalue weighted by Gasteiger charge is 2.14. The molecular weight excluding hydrogens is 334 g/mol. The van der Waals surface area contributed by atoms with E-state index in [9.17, 15) is 4.79 Å². The molecule has 0 aliphatic rings. The molecule has 0 bridgehead atoms. The summed E-state index contributed by atoms with van der Waals surface area (Å²) in [5.74, 6) is 0. The maximum atomic E-state index is 12.7. The Morgan fingerprint density at radius 2 is 1.33 bits per heavy atom. The Hall–Kier alpha value is -3.66. The number of nitrogens with zero attached hydrogens (tertiary/aromatic N) is 3. The first-order valence-electron chi connectivity index (χ1n) is 8.75. The van der Waals surface area contributed by atoms with E-state index < -0.39 is 0 Å². The van der Waals surface area contributed by atoms with Crippen LogP contribution in [0.3, 0.4) is 0 Å². The van der Waals surface area contributed by atoms with Crippen molar-refractivity contribution in [2.75, 3.05) is 11.9 Å². The van der Waals surface area contributed by atoms with Crippen molar-refractivity contribution in [3.05, 3.63) is 97.5 Å². The zero-order chi connectivity index (χ0) is 18.6. The molecule has 1 heterocycles. The minimum absolute atomic E-state index is 0.152. The molecule has 0 N–H and O–H groups in total. The van der Waals surface area contributed by atoms with E-state index in [0.717, 1.165) is 22.5 Å². The van der Waals surface area contributed by atoms with Crippen molar-refractivity contribution in [2.45, 2.75) is 0 Å². The molecule has 4 aromatic rings. The molecule has 0 atom stereocenters. The van der Waals surface area contributed by atoms with Crippen molar-refractivity contribution in [3.8, 4) is 22.4 Å². The van der Waals surface area contributed by atoms with Gasteiger partial charge in [0.25, 0.3) is 0 Å². The topological polar surface area (TPSA) is 38.1 Å². The molecule has 0 fully saturated rings. The van der Waals surface area contributed by atoms with Crippen LogP contribution in [-0.2, 0) is 0 Å². The van der Waals surface area contributed by atoms with Crippen molar-refractivity contribution in [1.29, 1.82) is 0 Å². The number of aromatic nitrogens is 2. The number of imidazole rings is 1. The fourth-order valence-electron chi connectivity index (χ4n) is 2.98. The highest BCUT2D eigenvalue weighted by Crippen LogP contribution is 2.24. The van der Waals surface area contributed by atoms with E-state index >= 15 is 0 Å². The molecule has 4 nitrogen and oxygen atoms in total. The third-order valence-corrected chi connectivity index (χ3v) is 4.52. The Kier molecular flexibility index (Phi) is 4.54. The van der Waals surface area contributed by atoms with Gasteiger partial charge in [-0.05, 0) is 23.3 Å². The van der Waals surface area contributed by atoms with Crippen LogP contribution in [0.4, 0.5) is 10.5 Å². The van der Waals surface area contributed by atoms with Crippen LogP contribution in [0, 0.1) is 0 Å². The summed E-state index contributed by atoms with van der Waals surface area (Å²) < 4.78 is 1.51. The summed E-state index contributed by atoms with van der Waals surface area (Å²) >= 11 is 0. The van der Waals surface area contributed by atoms with Gasteiger partial charge in [0.15, 0.2) is 0 Å². The Morgan fingerprint density at radius 1 is 0.778 bits per heavy atom. The summed E-state index contributed by atoms with van der Waals surface area (Å²) in [4.78, 5) is 18.7. The highest BCUT2D eigenvalue weighted by atomic mass is 16.2. The Balaban J connectivity index is 1.55. The van der Waals surface area contributed by atoms with E-state index in [1.54, 1.807) is 24.5 Å². The van der Waals surface area contributed by atoms with Crippen molar-refractivity contribution in [2.24, 2.45) is 0 Å². The lowest BCUT2D eigenvalue weighted by atomic mass is 10.0. The summed E-state index contributed by atoms with van der Waals surface area (Å²) in [6.07, 6.45) is 3.32. The molecule has 0 saturated heterocycles. The number of benzene rings is 3. The van der Waals surface area contributed by atoms with Gasteiger partial charge in [0, 0.05) is 24.5 Å². The van der Waals surface area contributed by atoms with Crippen LogP contribution in [0.25, 0.3) is 22.4 Å². The lowest BCUT2D eigenvalue weighted by Crippen LogP contribution is -2.30. The predicted molar refractivity (Wildman–Crippen MR) is 109 cm³/mol. The van der Waals surface area contributed by atoms with Crippen LogP contribution in [0.2, 0.25) is 0 Å². The monoisotopic (exact) mass is 353 g/mol. The van der Waals surface area contributed by atoms with Crippen molar-refractivity contribution in [1.82, 2.24) is 9.55 Å². The second-order valence-electron chi connectivity index (χ2n) is 6.29. The molecule has 4 heteroatoms. The number of hydrogen-bond donors (Lipinski definition) is 0. The van der Waals surface area contributed by atoms with Gasteiger partial charge >= 0.3 is 6.03 Å². The van der Waals surface area contributed by atoms with Crippen LogP contribution in [0.5, 0.6) is 0 Å². The summed E-state index contributed by atoms with van der Waals surface area (Å²) in [6, 6.07) is 27.8. The molecule has 1 amide bonds. The van der Waals surface area contributed by atoms with Gasteiger partial charge in [0.2, 0.25) is 0 Å². The molecule has 0 radical (unpaired) electrons. The number of hydrogen-bond acceptors (Lipinski definition) is 2. The standard InChI is InChI=1S/C23H19N3O/c1-25(21-10-6-3-7-11-21)23(27)26-16-22(24-17-26)20-14-12-19(13-15-20)18-8-4-2-5-9-18/h2-17H,1H3. The number of anilines is 1.